The lowest BCUT2D eigenvalue weighted by Gasteiger charge is -2.37. The normalized spacial score (nSPS) is 17.7. The van der Waals surface area contributed by atoms with Gasteiger partial charge in [0.05, 0.1) is 19.3 Å². The summed E-state index contributed by atoms with van der Waals surface area (Å²) in [6.45, 7) is 1.53. The van der Waals surface area contributed by atoms with E-state index in [-0.39, 0.29) is 6.04 Å². The van der Waals surface area contributed by atoms with Crippen LogP contribution in [0.4, 0.5) is 5.82 Å². The quantitative estimate of drug-likeness (QED) is 0.927. The summed E-state index contributed by atoms with van der Waals surface area (Å²) < 4.78 is 5.16. The Hall–Kier alpha value is -2.07. The molecule has 0 spiro atoms. The first-order valence-corrected chi connectivity index (χ1v) is 6.88. The number of hydrogen-bond acceptors (Lipinski definition) is 4. The zero-order chi connectivity index (χ0) is 13.9. The van der Waals surface area contributed by atoms with Crippen molar-refractivity contribution in [3.63, 3.8) is 0 Å². The number of benzene rings is 1. The number of pyridine rings is 1. The van der Waals surface area contributed by atoms with Crippen molar-refractivity contribution in [1.29, 1.82) is 0 Å². The van der Waals surface area contributed by atoms with Gasteiger partial charge in [-0.1, -0.05) is 24.3 Å². The number of ether oxygens (including phenoxy) is 1. The number of anilines is 1. The van der Waals surface area contributed by atoms with Crippen molar-refractivity contribution in [1.82, 2.24) is 4.98 Å². The summed E-state index contributed by atoms with van der Waals surface area (Å²) >= 11 is 0. The van der Waals surface area contributed by atoms with Gasteiger partial charge in [-0.2, -0.15) is 0 Å². The van der Waals surface area contributed by atoms with Crippen molar-refractivity contribution in [2.75, 3.05) is 25.1 Å². The molecular weight excluding hydrogens is 250 g/mol. The highest BCUT2D eigenvalue weighted by Gasteiger charge is 2.26. The second kappa shape index (κ2) is 5.51. The lowest BCUT2D eigenvalue weighted by molar-refractivity contribution is 0.412. The summed E-state index contributed by atoms with van der Waals surface area (Å²) in [4.78, 5) is 6.77. The summed E-state index contributed by atoms with van der Waals surface area (Å²) in [6.07, 6.45) is 2.78. The van der Waals surface area contributed by atoms with Gasteiger partial charge in [0.2, 0.25) is 0 Å². The van der Waals surface area contributed by atoms with E-state index in [0.29, 0.717) is 6.54 Å². The minimum atomic E-state index is 0.195. The summed E-state index contributed by atoms with van der Waals surface area (Å²) in [7, 11) is 1.65. The van der Waals surface area contributed by atoms with Crippen molar-refractivity contribution in [3.05, 3.63) is 53.7 Å². The van der Waals surface area contributed by atoms with E-state index in [1.54, 1.807) is 13.3 Å². The summed E-state index contributed by atoms with van der Waals surface area (Å²) in [5.74, 6) is 1.73. The third kappa shape index (κ3) is 2.23. The SMILES string of the molecule is COc1ccc(N2CCc3ccccc3C2CN)nc1. The molecule has 104 valence electrons. The van der Waals surface area contributed by atoms with Crippen LogP contribution in [0.1, 0.15) is 17.2 Å². The Morgan fingerprint density at radius 3 is 2.85 bits per heavy atom. The van der Waals surface area contributed by atoms with Crippen LogP contribution in [-0.4, -0.2) is 25.2 Å². The van der Waals surface area contributed by atoms with Crippen molar-refractivity contribution in [3.8, 4) is 5.75 Å². The molecule has 4 heteroatoms. The van der Waals surface area contributed by atoms with Gasteiger partial charge in [0, 0.05) is 13.1 Å². The maximum absolute atomic E-state index is 6.01. The summed E-state index contributed by atoms with van der Waals surface area (Å²) in [6, 6.07) is 12.7. The van der Waals surface area contributed by atoms with Gasteiger partial charge >= 0.3 is 0 Å². The van der Waals surface area contributed by atoms with E-state index in [4.69, 9.17) is 10.5 Å². The third-order valence-corrected chi connectivity index (χ3v) is 3.89. The van der Waals surface area contributed by atoms with Crippen molar-refractivity contribution < 1.29 is 4.74 Å². The van der Waals surface area contributed by atoms with Gasteiger partial charge in [-0.05, 0) is 29.7 Å². The monoisotopic (exact) mass is 269 g/mol. The Morgan fingerprint density at radius 2 is 2.15 bits per heavy atom. The molecule has 1 aliphatic rings. The number of methoxy groups -OCH3 is 1. The van der Waals surface area contributed by atoms with Gasteiger partial charge < -0.3 is 15.4 Å². The van der Waals surface area contributed by atoms with E-state index in [2.05, 4.69) is 34.1 Å². The first-order valence-electron chi connectivity index (χ1n) is 6.88. The van der Waals surface area contributed by atoms with Gasteiger partial charge in [0.25, 0.3) is 0 Å². The van der Waals surface area contributed by atoms with Gasteiger partial charge in [0.15, 0.2) is 0 Å². The molecule has 0 aliphatic carbocycles. The van der Waals surface area contributed by atoms with Crippen molar-refractivity contribution in [2.24, 2.45) is 5.73 Å². The molecule has 1 atom stereocenters. The third-order valence-electron chi connectivity index (χ3n) is 3.89. The van der Waals surface area contributed by atoms with Crippen LogP contribution in [0.15, 0.2) is 42.6 Å². The topological polar surface area (TPSA) is 51.4 Å². The molecular formula is C16H19N3O. The van der Waals surface area contributed by atoms with Gasteiger partial charge in [-0.3, -0.25) is 0 Å². The highest BCUT2D eigenvalue weighted by Crippen LogP contribution is 2.32. The first-order chi connectivity index (χ1) is 9.83. The Bertz CT molecular complexity index is 583. The van der Waals surface area contributed by atoms with Crippen LogP contribution >= 0.6 is 0 Å². The molecule has 0 radical (unpaired) electrons. The fourth-order valence-corrected chi connectivity index (χ4v) is 2.84. The largest absolute Gasteiger partial charge is 0.495 e. The molecule has 2 N–H and O–H groups in total. The molecule has 0 saturated heterocycles. The maximum atomic E-state index is 6.01. The predicted molar refractivity (Wildman–Crippen MR) is 80.1 cm³/mol. The molecule has 4 nitrogen and oxygen atoms in total. The average molecular weight is 269 g/mol. The number of nitrogens with zero attached hydrogens (tertiary/aromatic N) is 2. The van der Waals surface area contributed by atoms with Crippen LogP contribution in [0.3, 0.4) is 0 Å². The van der Waals surface area contributed by atoms with Crippen LogP contribution in [0.2, 0.25) is 0 Å². The fourth-order valence-electron chi connectivity index (χ4n) is 2.84. The molecule has 1 unspecified atom stereocenters. The molecule has 2 aromatic rings. The standard InChI is InChI=1S/C16H19N3O/c1-20-13-6-7-16(18-11-13)19-9-8-12-4-2-3-5-14(12)15(19)10-17/h2-7,11,15H,8-10,17H2,1H3. The van der Waals surface area contributed by atoms with Gasteiger partial charge in [-0.15, -0.1) is 0 Å². The maximum Gasteiger partial charge on any atom is 0.137 e. The predicted octanol–water partition coefficient (Wildman–Crippen LogP) is 2.15. The fraction of sp³-hybridized carbons (Fsp3) is 0.312. The molecule has 0 amide bonds. The van der Waals surface area contributed by atoms with E-state index in [9.17, 15) is 0 Å². The molecule has 0 bridgehead atoms. The van der Waals surface area contributed by atoms with Crippen LogP contribution in [0, 0.1) is 0 Å². The minimum absolute atomic E-state index is 0.195. The van der Waals surface area contributed by atoms with Gasteiger partial charge in [-0.25, -0.2) is 4.98 Å². The smallest absolute Gasteiger partial charge is 0.137 e. The van der Waals surface area contributed by atoms with Crippen molar-refractivity contribution in [2.45, 2.75) is 12.5 Å². The first kappa shape index (κ1) is 12.9. The second-order valence-electron chi connectivity index (χ2n) is 4.95. The lowest BCUT2D eigenvalue weighted by atomic mass is 9.92. The molecule has 3 rings (SSSR count). The van der Waals surface area contributed by atoms with E-state index in [1.807, 2.05) is 12.1 Å². The molecule has 1 aromatic carbocycles. The summed E-state index contributed by atoms with van der Waals surface area (Å²) in [5, 5.41) is 0. The number of nitrogens with two attached hydrogens (primary N) is 1. The number of hydrogen-bond donors (Lipinski definition) is 1. The highest BCUT2D eigenvalue weighted by molar-refractivity contribution is 5.48. The van der Waals surface area contributed by atoms with E-state index < -0.39 is 0 Å². The second-order valence-corrected chi connectivity index (χ2v) is 4.95. The molecule has 0 saturated carbocycles. The van der Waals surface area contributed by atoms with E-state index in [0.717, 1.165) is 24.5 Å². The Morgan fingerprint density at radius 1 is 1.30 bits per heavy atom. The Balaban J connectivity index is 1.94. The minimum Gasteiger partial charge on any atom is -0.495 e. The van der Waals surface area contributed by atoms with E-state index >= 15 is 0 Å². The zero-order valence-corrected chi connectivity index (χ0v) is 11.6. The zero-order valence-electron chi connectivity index (χ0n) is 11.6. The van der Waals surface area contributed by atoms with Crippen LogP contribution in [0.25, 0.3) is 0 Å². The molecule has 1 aromatic heterocycles. The molecule has 1 aliphatic heterocycles. The Kier molecular flexibility index (Phi) is 3.56. The Labute approximate surface area is 119 Å². The molecule has 20 heavy (non-hydrogen) atoms. The van der Waals surface area contributed by atoms with E-state index in [1.165, 1.54) is 11.1 Å². The van der Waals surface area contributed by atoms with Crippen LogP contribution in [0.5, 0.6) is 5.75 Å². The highest BCUT2D eigenvalue weighted by atomic mass is 16.5. The summed E-state index contributed by atoms with van der Waals surface area (Å²) in [5.41, 5.74) is 8.72. The van der Waals surface area contributed by atoms with Gasteiger partial charge in [0.1, 0.15) is 11.6 Å². The van der Waals surface area contributed by atoms with Crippen molar-refractivity contribution >= 4 is 5.82 Å². The molecule has 0 fully saturated rings. The van der Waals surface area contributed by atoms with Crippen LogP contribution < -0.4 is 15.4 Å². The number of rotatable bonds is 3. The number of fused-ring (bicyclic) bond motifs is 1. The van der Waals surface area contributed by atoms with Crippen LogP contribution in [-0.2, 0) is 6.42 Å². The number of aromatic nitrogens is 1. The lowest BCUT2D eigenvalue weighted by Crippen LogP contribution is -2.39. The average Bonchev–Trinajstić information content (AvgIpc) is 2.54. The molecule has 2 heterocycles.